The summed E-state index contributed by atoms with van der Waals surface area (Å²) in [4.78, 5) is 24.3. The summed E-state index contributed by atoms with van der Waals surface area (Å²) >= 11 is 3.28. The fourth-order valence-electron chi connectivity index (χ4n) is 1.77. The maximum Gasteiger partial charge on any atom is 0.337 e. The van der Waals surface area contributed by atoms with E-state index in [0.29, 0.717) is 18.8 Å². The molecule has 6 heteroatoms. The summed E-state index contributed by atoms with van der Waals surface area (Å²) in [7, 11) is 0. The van der Waals surface area contributed by atoms with E-state index in [9.17, 15) is 9.59 Å². The summed E-state index contributed by atoms with van der Waals surface area (Å²) in [5, 5.41) is 11.8. The molecule has 0 spiro atoms. The van der Waals surface area contributed by atoms with Crippen molar-refractivity contribution in [1.29, 1.82) is 0 Å². The van der Waals surface area contributed by atoms with Crippen LogP contribution in [-0.2, 0) is 0 Å². The maximum atomic E-state index is 11.7. The molecule has 1 saturated heterocycles. The van der Waals surface area contributed by atoms with Gasteiger partial charge < -0.3 is 10.4 Å². The van der Waals surface area contributed by atoms with Gasteiger partial charge in [-0.25, -0.2) is 9.59 Å². The van der Waals surface area contributed by atoms with Crippen LogP contribution in [0.4, 0.5) is 10.5 Å². The van der Waals surface area contributed by atoms with E-state index in [0.717, 1.165) is 10.9 Å². The first-order valence-electron chi connectivity index (χ1n) is 5.18. The van der Waals surface area contributed by atoms with Gasteiger partial charge in [0.05, 0.1) is 11.3 Å². The van der Waals surface area contributed by atoms with E-state index in [4.69, 9.17) is 5.11 Å². The van der Waals surface area contributed by atoms with Crippen LogP contribution in [0.1, 0.15) is 16.8 Å². The molecule has 0 unspecified atom stereocenters. The van der Waals surface area contributed by atoms with E-state index in [1.165, 1.54) is 11.0 Å². The molecule has 1 fully saturated rings. The molecule has 0 radical (unpaired) electrons. The number of carboxylic acids is 1. The third-order valence-corrected chi connectivity index (χ3v) is 3.05. The molecule has 17 heavy (non-hydrogen) atoms. The van der Waals surface area contributed by atoms with Gasteiger partial charge in [0.2, 0.25) is 0 Å². The molecule has 0 saturated carbocycles. The zero-order valence-electron chi connectivity index (χ0n) is 8.94. The molecule has 0 bridgehead atoms. The largest absolute Gasteiger partial charge is 0.478 e. The van der Waals surface area contributed by atoms with Gasteiger partial charge in [-0.15, -0.1) is 0 Å². The molecule has 1 aromatic carbocycles. The van der Waals surface area contributed by atoms with E-state index < -0.39 is 5.97 Å². The number of carbonyl (C=O) groups excluding carboxylic acids is 1. The molecule has 1 aliphatic rings. The highest BCUT2D eigenvalue weighted by Crippen LogP contribution is 2.26. The van der Waals surface area contributed by atoms with Crippen LogP contribution < -0.4 is 10.2 Å². The second-order valence-electron chi connectivity index (χ2n) is 3.70. The first kappa shape index (κ1) is 11.9. The van der Waals surface area contributed by atoms with Crippen molar-refractivity contribution in [2.45, 2.75) is 6.42 Å². The summed E-state index contributed by atoms with van der Waals surface area (Å²) in [5.41, 5.74) is 0.550. The number of rotatable bonds is 2. The Morgan fingerprint density at radius 3 is 2.88 bits per heavy atom. The van der Waals surface area contributed by atoms with Gasteiger partial charge in [0, 0.05) is 17.6 Å². The number of hydrogen-bond donors (Lipinski definition) is 2. The van der Waals surface area contributed by atoms with Gasteiger partial charge >= 0.3 is 12.0 Å². The Morgan fingerprint density at radius 1 is 1.47 bits per heavy atom. The van der Waals surface area contributed by atoms with Crippen molar-refractivity contribution in [2.75, 3.05) is 18.0 Å². The van der Waals surface area contributed by atoms with Crippen LogP contribution >= 0.6 is 15.9 Å². The Hall–Kier alpha value is -1.56. The number of nitrogens with zero attached hydrogens (tertiary/aromatic N) is 1. The van der Waals surface area contributed by atoms with E-state index in [1.807, 2.05) is 0 Å². The predicted octanol–water partition coefficient (Wildman–Crippen LogP) is 2.07. The second kappa shape index (κ2) is 4.75. The molecule has 90 valence electrons. The molecule has 2 amide bonds. The van der Waals surface area contributed by atoms with E-state index >= 15 is 0 Å². The normalized spacial score (nSPS) is 15.6. The first-order valence-corrected chi connectivity index (χ1v) is 5.97. The van der Waals surface area contributed by atoms with Crippen molar-refractivity contribution < 1.29 is 14.7 Å². The third kappa shape index (κ3) is 2.41. The minimum atomic E-state index is -1.04. The van der Waals surface area contributed by atoms with Gasteiger partial charge in [-0.2, -0.15) is 0 Å². The first-order chi connectivity index (χ1) is 8.09. The number of carboxylic acid groups (broad SMARTS) is 1. The molecular weight excluding hydrogens is 288 g/mol. The maximum absolute atomic E-state index is 11.7. The van der Waals surface area contributed by atoms with Crippen LogP contribution in [0.2, 0.25) is 0 Å². The smallest absolute Gasteiger partial charge is 0.337 e. The molecule has 1 aromatic rings. The number of hydrogen-bond acceptors (Lipinski definition) is 2. The number of nitrogens with one attached hydrogen (secondary N) is 1. The van der Waals surface area contributed by atoms with Crippen molar-refractivity contribution in [3.8, 4) is 0 Å². The van der Waals surface area contributed by atoms with Crippen LogP contribution in [0, 0.1) is 0 Å². The van der Waals surface area contributed by atoms with Gasteiger partial charge in [0.15, 0.2) is 0 Å². The van der Waals surface area contributed by atoms with Gasteiger partial charge in [0.1, 0.15) is 0 Å². The van der Waals surface area contributed by atoms with Crippen LogP contribution in [-0.4, -0.2) is 30.2 Å². The van der Waals surface area contributed by atoms with Crippen LogP contribution in [0.3, 0.4) is 0 Å². The lowest BCUT2D eigenvalue weighted by Crippen LogP contribution is -2.47. The Kier molecular flexibility index (Phi) is 3.33. The van der Waals surface area contributed by atoms with Crippen molar-refractivity contribution in [1.82, 2.24) is 5.32 Å². The summed E-state index contributed by atoms with van der Waals surface area (Å²) < 4.78 is 0.746. The number of aromatic carboxylic acids is 1. The Morgan fingerprint density at radius 2 is 2.24 bits per heavy atom. The molecule has 2 rings (SSSR count). The zero-order valence-corrected chi connectivity index (χ0v) is 10.5. The van der Waals surface area contributed by atoms with Gasteiger partial charge in [0.25, 0.3) is 0 Å². The van der Waals surface area contributed by atoms with Crippen LogP contribution in [0.15, 0.2) is 22.7 Å². The number of benzene rings is 1. The summed E-state index contributed by atoms with van der Waals surface area (Å²) in [6.45, 7) is 1.16. The van der Waals surface area contributed by atoms with Crippen LogP contribution in [0.25, 0.3) is 0 Å². The highest BCUT2D eigenvalue weighted by atomic mass is 79.9. The lowest BCUT2D eigenvalue weighted by atomic mass is 10.1. The topological polar surface area (TPSA) is 69.6 Å². The zero-order chi connectivity index (χ0) is 12.4. The minimum absolute atomic E-state index is 0.130. The molecule has 5 nitrogen and oxygen atoms in total. The number of halogens is 1. The predicted molar refractivity (Wildman–Crippen MR) is 66.5 cm³/mol. The van der Waals surface area contributed by atoms with Gasteiger partial charge in [-0.05, 0) is 24.6 Å². The standard InChI is InChI=1S/C11H11BrN2O3/c12-7-2-3-8(10(15)16)9(6-7)14-5-1-4-13-11(14)17/h2-3,6H,1,4-5H2,(H,13,17)(H,15,16). The number of amides is 2. The molecule has 0 aliphatic carbocycles. The quantitative estimate of drug-likeness (QED) is 0.878. The summed E-state index contributed by atoms with van der Waals surface area (Å²) in [6.07, 6.45) is 0.803. The lowest BCUT2D eigenvalue weighted by molar-refractivity contribution is 0.0697. The van der Waals surface area contributed by atoms with Crippen molar-refractivity contribution >= 4 is 33.6 Å². The molecule has 1 aliphatic heterocycles. The average molecular weight is 299 g/mol. The molecule has 0 aromatic heterocycles. The number of urea groups is 1. The Bertz CT molecular complexity index is 476. The van der Waals surface area contributed by atoms with E-state index in [2.05, 4.69) is 21.2 Å². The lowest BCUT2D eigenvalue weighted by Gasteiger charge is -2.28. The number of carbonyl (C=O) groups is 2. The number of anilines is 1. The van der Waals surface area contributed by atoms with Gasteiger partial charge in [-0.1, -0.05) is 15.9 Å². The van der Waals surface area contributed by atoms with Crippen molar-refractivity contribution in [3.63, 3.8) is 0 Å². The summed E-state index contributed by atoms with van der Waals surface area (Å²) in [6, 6.07) is 4.53. The van der Waals surface area contributed by atoms with Crippen molar-refractivity contribution in [2.24, 2.45) is 0 Å². The van der Waals surface area contributed by atoms with Crippen molar-refractivity contribution in [3.05, 3.63) is 28.2 Å². The molecular formula is C11H11BrN2O3. The fraction of sp³-hybridized carbons (Fsp3) is 0.273. The highest BCUT2D eigenvalue weighted by Gasteiger charge is 2.23. The molecule has 1 heterocycles. The van der Waals surface area contributed by atoms with E-state index in [-0.39, 0.29) is 11.6 Å². The molecule has 0 atom stereocenters. The summed E-state index contributed by atoms with van der Waals surface area (Å²) in [5.74, 6) is -1.04. The van der Waals surface area contributed by atoms with E-state index in [1.54, 1.807) is 12.1 Å². The Labute approximate surface area is 107 Å². The minimum Gasteiger partial charge on any atom is -0.478 e. The fourth-order valence-corrected chi connectivity index (χ4v) is 2.12. The Balaban J connectivity index is 2.45. The SMILES string of the molecule is O=C(O)c1ccc(Br)cc1N1CCCNC1=O. The second-order valence-corrected chi connectivity index (χ2v) is 4.62. The highest BCUT2D eigenvalue weighted by molar-refractivity contribution is 9.10. The van der Waals surface area contributed by atoms with Crippen LogP contribution in [0.5, 0.6) is 0 Å². The average Bonchev–Trinajstić information content (AvgIpc) is 2.29. The third-order valence-electron chi connectivity index (χ3n) is 2.56. The monoisotopic (exact) mass is 298 g/mol. The van der Waals surface area contributed by atoms with Gasteiger partial charge in [-0.3, -0.25) is 4.90 Å². The molecule has 2 N–H and O–H groups in total.